The van der Waals surface area contributed by atoms with Crippen molar-refractivity contribution in [1.82, 2.24) is 9.78 Å². The smallest absolute Gasteiger partial charge is 0.387 e. The number of benzene rings is 1. The van der Waals surface area contributed by atoms with Gasteiger partial charge in [0, 0.05) is 5.69 Å². The first-order chi connectivity index (χ1) is 10.9. The molecule has 1 aromatic carbocycles. The molecule has 2 aromatic rings. The van der Waals surface area contributed by atoms with Gasteiger partial charge in [0.2, 0.25) is 5.91 Å². The minimum Gasteiger partial charge on any atom is -0.435 e. The Morgan fingerprint density at radius 3 is 2.57 bits per heavy atom. The van der Waals surface area contributed by atoms with Crippen LogP contribution in [-0.2, 0) is 11.3 Å². The summed E-state index contributed by atoms with van der Waals surface area (Å²) in [5.41, 5.74) is -0.361. The lowest BCUT2D eigenvalue weighted by molar-refractivity contribution is -0.117. The van der Waals surface area contributed by atoms with E-state index in [1.54, 1.807) is 0 Å². The van der Waals surface area contributed by atoms with Gasteiger partial charge in [0.1, 0.15) is 17.3 Å². The zero-order valence-electron chi connectivity index (χ0n) is 11.3. The molecule has 0 aliphatic rings. The summed E-state index contributed by atoms with van der Waals surface area (Å²) in [5.74, 6) is -0.596. The Labute approximate surface area is 138 Å². The Kier molecular flexibility index (Phi) is 5.51. The Morgan fingerprint density at radius 2 is 1.96 bits per heavy atom. The fourth-order valence-electron chi connectivity index (χ4n) is 1.61. The Bertz CT molecular complexity index is 766. The lowest BCUT2D eigenvalue weighted by atomic mass is 10.3. The maximum Gasteiger partial charge on any atom is 0.387 e. The quantitative estimate of drug-likeness (QED) is 0.886. The minimum absolute atomic E-state index is 0.0112. The first-order valence-corrected chi connectivity index (χ1v) is 6.88. The molecule has 1 amide bonds. The van der Waals surface area contributed by atoms with Gasteiger partial charge in [-0.3, -0.25) is 9.59 Å². The summed E-state index contributed by atoms with van der Waals surface area (Å²) in [6, 6.07) is 5.29. The molecule has 1 heterocycles. The lowest BCUT2D eigenvalue weighted by Gasteiger charge is -2.08. The third-order valence-corrected chi connectivity index (χ3v) is 3.35. The first-order valence-electron chi connectivity index (χ1n) is 6.12. The average molecular weight is 364 g/mol. The Hall–Kier alpha value is -2.19. The molecule has 0 aliphatic heterocycles. The van der Waals surface area contributed by atoms with E-state index in [1.165, 1.54) is 24.3 Å². The summed E-state index contributed by atoms with van der Waals surface area (Å²) in [6.45, 7) is -3.31. The van der Waals surface area contributed by atoms with Gasteiger partial charge < -0.3 is 10.1 Å². The Balaban J connectivity index is 2.02. The summed E-state index contributed by atoms with van der Waals surface area (Å²) in [4.78, 5) is 23.6. The number of amides is 1. The average Bonchev–Trinajstić information content (AvgIpc) is 2.49. The summed E-state index contributed by atoms with van der Waals surface area (Å²) >= 11 is 11.3. The van der Waals surface area contributed by atoms with Crippen LogP contribution in [0.2, 0.25) is 10.0 Å². The summed E-state index contributed by atoms with van der Waals surface area (Å²) < 4.78 is 29.1. The molecule has 0 atom stereocenters. The molecule has 0 fully saturated rings. The van der Waals surface area contributed by atoms with E-state index in [2.05, 4.69) is 15.2 Å². The van der Waals surface area contributed by atoms with Crippen LogP contribution in [0.4, 0.5) is 14.5 Å². The van der Waals surface area contributed by atoms with Crippen molar-refractivity contribution in [3.8, 4) is 5.75 Å². The molecular formula is C13H9Cl2F2N3O3. The second-order valence-electron chi connectivity index (χ2n) is 4.22. The largest absolute Gasteiger partial charge is 0.435 e. The monoisotopic (exact) mass is 363 g/mol. The molecule has 0 saturated heterocycles. The standard InChI is InChI=1S/C13H9Cl2F2N3O3/c14-9-5-18-20(12(22)11(9)15)6-10(21)19-7-1-3-8(4-2-7)23-13(16)17/h1-5,13H,6H2,(H,19,21). The maximum absolute atomic E-state index is 12.0. The third-order valence-electron chi connectivity index (χ3n) is 2.60. The number of halogens is 4. The number of anilines is 1. The van der Waals surface area contributed by atoms with Gasteiger partial charge in [-0.2, -0.15) is 13.9 Å². The van der Waals surface area contributed by atoms with E-state index in [4.69, 9.17) is 23.2 Å². The van der Waals surface area contributed by atoms with Gasteiger partial charge in [-0.25, -0.2) is 4.68 Å². The van der Waals surface area contributed by atoms with E-state index < -0.39 is 18.1 Å². The van der Waals surface area contributed by atoms with Gasteiger partial charge in [0.05, 0.1) is 11.2 Å². The van der Waals surface area contributed by atoms with Crippen LogP contribution in [0.1, 0.15) is 0 Å². The zero-order valence-corrected chi connectivity index (χ0v) is 12.8. The van der Waals surface area contributed by atoms with Crippen molar-refractivity contribution in [2.24, 2.45) is 0 Å². The fraction of sp³-hybridized carbons (Fsp3) is 0.154. The number of nitrogens with zero attached hydrogens (tertiary/aromatic N) is 2. The van der Waals surface area contributed by atoms with Crippen molar-refractivity contribution in [2.75, 3.05) is 5.32 Å². The first kappa shape index (κ1) is 17.2. The van der Waals surface area contributed by atoms with Gasteiger partial charge in [0.25, 0.3) is 5.56 Å². The Morgan fingerprint density at radius 1 is 1.30 bits per heavy atom. The molecule has 0 unspecified atom stereocenters. The van der Waals surface area contributed by atoms with Crippen LogP contribution >= 0.6 is 23.2 Å². The van der Waals surface area contributed by atoms with E-state index in [9.17, 15) is 18.4 Å². The number of hydrogen-bond acceptors (Lipinski definition) is 4. The summed E-state index contributed by atoms with van der Waals surface area (Å²) in [7, 11) is 0. The molecule has 0 bridgehead atoms. The highest BCUT2D eigenvalue weighted by Gasteiger charge is 2.11. The van der Waals surface area contributed by atoms with E-state index in [1.807, 2.05) is 0 Å². The van der Waals surface area contributed by atoms with Crippen LogP contribution in [-0.4, -0.2) is 22.3 Å². The van der Waals surface area contributed by atoms with Crippen molar-refractivity contribution in [3.05, 3.63) is 50.9 Å². The van der Waals surface area contributed by atoms with Gasteiger partial charge >= 0.3 is 6.61 Å². The van der Waals surface area contributed by atoms with Crippen LogP contribution in [0.15, 0.2) is 35.3 Å². The van der Waals surface area contributed by atoms with Crippen LogP contribution in [0.25, 0.3) is 0 Å². The van der Waals surface area contributed by atoms with Gasteiger partial charge in [0.15, 0.2) is 0 Å². The van der Waals surface area contributed by atoms with Crippen molar-refractivity contribution in [1.29, 1.82) is 0 Å². The fourth-order valence-corrected chi connectivity index (χ4v) is 1.88. The molecule has 0 aliphatic carbocycles. The van der Waals surface area contributed by atoms with Crippen LogP contribution in [0.3, 0.4) is 0 Å². The highest BCUT2D eigenvalue weighted by molar-refractivity contribution is 6.41. The highest BCUT2D eigenvalue weighted by atomic mass is 35.5. The maximum atomic E-state index is 12.0. The molecule has 122 valence electrons. The number of carbonyl (C=O) groups excluding carboxylic acids is 1. The van der Waals surface area contributed by atoms with Crippen molar-refractivity contribution in [3.63, 3.8) is 0 Å². The predicted molar refractivity (Wildman–Crippen MR) is 80.2 cm³/mol. The van der Waals surface area contributed by atoms with Crippen LogP contribution in [0.5, 0.6) is 5.75 Å². The second kappa shape index (κ2) is 7.38. The van der Waals surface area contributed by atoms with E-state index >= 15 is 0 Å². The van der Waals surface area contributed by atoms with Crippen molar-refractivity contribution in [2.45, 2.75) is 13.2 Å². The molecular weight excluding hydrogens is 355 g/mol. The van der Waals surface area contributed by atoms with E-state index in [0.717, 1.165) is 10.9 Å². The van der Waals surface area contributed by atoms with Crippen LogP contribution in [0, 0.1) is 0 Å². The molecule has 1 N–H and O–H groups in total. The third kappa shape index (κ3) is 4.64. The second-order valence-corrected chi connectivity index (χ2v) is 5.01. The van der Waals surface area contributed by atoms with E-state index in [0.29, 0.717) is 5.69 Å². The molecule has 0 radical (unpaired) electrons. The number of alkyl halides is 2. The van der Waals surface area contributed by atoms with E-state index in [-0.39, 0.29) is 22.3 Å². The molecule has 1 aromatic heterocycles. The van der Waals surface area contributed by atoms with Gasteiger partial charge in [-0.15, -0.1) is 0 Å². The number of ether oxygens (including phenoxy) is 1. The summed E-state index contributed by atoms with van der Waals surface area (Å²) in [5, 5.41) is 5.92. The van der Waals surface area contributed by atoms with Gasteiger partial charge in [-0.05, 0) is 24.3 Å². The topological polar surface area (TPSA) is 73.2 Å². The molecule has 2 rings (SSSR count). The molecule has 0 spiro atoms. The van der Waals surface area contributed by atoms with Crippen molar-refractivity contribution < 1.29 is 18.3 Å². The molecule has 6 nitrogen and oxygen atoms in total. The number of rotatable bonds is 5. The lowest BCUT2D eigenvalue weighted by Crippen LogP contribution is -2.29. The minimum atomic E-state index is -2.93. The zero-order chi connectivity index (χ0) is 17.0. The molecule has 10 heteroatoms. The van der Waals surface area contributed by atoms with Crippen LogP contribution < -0.4 is 15.6 Å². The molecule has 0 saturated carbocycles. The number of hydrogen-bond donors (Lipinski definition) is 1. The normalized spacial score (nSPS) is 10.7. The number of nitrogens with one attached hydrogen (secondary N) is 1. The number of aromatic nitrogens is 2. The molecule has 23 heavy (non-hydrogen) atoms. The highest BCUT2D eigenvalue weighted by Crippen LogP contribution is 2.18. The van der Waals surface area contributed by atoms with Crippen molar-refractivity contribution >= 4 is 34.8 Å². The SMILES string of the molecule is O=C(Cn1ncc(Cl)c(Cl)c1=O)Nc1ccc(OC(F)F)cc1. The predicted octanol–water partition coefficient (Wildman–Crippen LogP) is 2.79. The number of carbonyl (C=O) groups is 1. The summed E-state index contributed by atoms with van der Waals surface area (Å²) in [6.07, 6.45) is 1.15. The van der Waals surface area contributed by atoms with Gasteiger partial charge in [-0.1, -0.05) is 23.2 Å².